The van der Waals surface area contributed by atoms with E-state index in [2.05, 4.69) is 25.0 Å². The van der Waals surface area contributed by atoms with Gasteiger partial charge in [-0.15, -0.1) is 18.3 Å². The lowest BCUT2D eigenvalue weighted by molar-refractivity contribution is -0.274. The zero-order valence-corrected chi connectivity index (χ0v) is 18.4. The van der Waals surface area contributed by atoms with Gasteiger partial charge in [0.2, 0.25) is 5.91 Å². The number of alkyl halides is 3. The second-order valence-electron chi connectivity index (χ2n) is 8.68. The highest BCUT2D eigenvalue weighted by Gasteiger charge is 2.33. The smallest absolute Gasteiger partial charge is 0.404 e. The molecule has 33 heavy (non-hydrogen) atoms. The van der Waals surface area contributed by atoms with Gasteiger partial charge in [-0.1, -0.05) is 20.8 Å². The molecule has 3 aromatic rings. The number of hydrogen-bond donors (Lipinski definition) is 1. The summed E-state index contributed by atoms with van der Waals surface area (Å²) in [5.74, 6) is -0.166. The monoisotopic (exact) mass is 463 g/mol. The van der Waals surface area contributed by atoms with Gasteiger partial charge < -0.3 is 19.7 Å². The second kappa shape index (κ2) is 8.54. The molecule has 2 aromatic heterocycles. The van der Waals surface area contributed by atoms with Crippen molar-refractivity contribution in [2.75, 3.05) is 36.5 Å². The molecule has 176 valence electrons. The summed E-state index contributed by atoms with van der Waals surface area (Å²) in [6.45, 7) is 7.71. The number of benzene rings is 1. The van der Waals surface area contributed by atoms with Crippen LogP contribution in [0.3, 0.4) is 0 Å². The van der Waals surface area contributed by atoms with Crippen molar-refractivity contribution in [3.63, 3.8) is 0 Å². The molecule has 0 radical (unpaired) electrons. The van der Waals surface area contributed by atoms with Crippen molar-refractivity contribution in [1.82, 2.24) is 14.6 Å². The summed E-state index contributed by atoms with van der Waals surface area (Å²) in [4.78, 5) is 19.1. The van der Waals surface area contributed by atoms with Crippen LogP contribution in [0.4, 0.5) is 24.7 Å². The number of anilines is 2. The third-order valence-electron chi connectivity index (χ3n) is 5.07. The molecule has 0 spiro atoms. The predicted octanol–water partition coefficient (Wildman–Crippen LogP) is 4.12. The van der Waals surface area contributed by atoms with Gasteiger partial charge in [0.05, 0.1) is 30.8 Å². The number of carbonyl (C=O) groups is 1. The average molecular weight is 463 g/mol. The Morgan fingerprint density at radius 1 is 1.12 bits per heavy atom. The molecule has 1 aliphatic rings. The van der Waals surface area contributed by atoms with E-state index in [-0.39, 0.29) is 5.69 Å². The fourth-order valence-electron chi connectivity index (χ4n) is 3.28. The van der Waals surface area contributed by atoms with Crippen LogP contribution in [0.15, 0.2) is 36.5 Å². The van der Waals surface area contributed by atoms with Crippen LogP contribution in [0.25, 0.3) is 16.9 Å². The van der Waals surface area contributed by atoms with E-state index in [4.69, 9.17) is 4.74 Å². The second-order valence-corrected chi connectivity index (χ2v) is 8.68. The number of nitrogens with one attached hydrogen (secondary N) is 1. The van der Waals surface area contributed by atoms with Crippen LogP contribution in [0.5, 0.6) is 5.75 Å². The van der Waals surface area contributed by atoms with Gasteiger partial charge in [-0.25, -0.2) is 9.50 Å². The first kappa shape index (κ1) is 22.8. The number of ether oxygens (including phenoxy) is 2. The maximum absolute atomic E-state index is 12.9. The number of nitrogens with zero attached hydrogens (tertiary/aromatic N) is 4. The van der Waals surface area contributed by atoms with Gasteiger partial charge >= 0.3 is 6.36 Å². The first-order chi connectivity index (χ1) is 15.5. The molecule has 1 saturated heterocycles. The van der Waals surface area contributed by atoms with Crippen LogP contribution in [0, 0.1) is 5.41 Å². The number of hydrogen-bond acceptors (Lipinski definition) is 6. The Morgan fingerprint density at radius 2 is 1.85 bits per heavy atom. The lowest BCUT2D eigenvalue weighted by atomic mass is 9.95. The summed E-state index contributed by atoms with van der Waals surface area (Å²) < 4.78 is 49.7. The topological polar surface area (TPSA) is 81.0 Å². The van der Waals surface area contributed by atoms with E-state index in [1.54, 1.807) is 31.5 Å². The van der Waals surface area contributed by atoms with Crippen LogP contribution in [0.1, 0.15) is 20.8 Å². The minimum Gasteiger partial charge on any atom is -0.404 e. The summed E-state index contributed by atoms with van der Waals surface area (Å²) in [7, 11) is 0. The Morgan fingerprint density at radius 3 is 2.52 bits per heavy atom. The van der Waals surface area contributed by atoms with E-state index < -0.39 is 23.4 Å². The third-order valence-corrected chi connectivity index (χ3v) is 5.07. The Hall–Kier alpha value is -3.34. The van der Waals surface area contributed by atoms with Gasteiger partial charge in [-0.05, 0) is 30.3 Å². The van der Waals surface area contributed by atoms with Crippen LogP contribution in [-0.4, -0.2) is 53.2 Å². The normalized spacial score (nSPS) is 15.0. The quantitative estimate of drug-likeness (QED) is 0.627. The molecule has 4 rings (SSSR count). The van der Waals surface area contributed by atoms with Crippen molar-refractivity contribution in [2.24, 2.45) is 5.41 Å². The van der Waals surface area contributed by atoms with Gasteiger partial charge in [0.1, 0.15) is 5.82 Å². The van der Waals surface area contributed by atoms with Gasteiger partial charge in [0, 0.05) is 24.1 Å². The van der Waals surface area contributed by atoms with E-state index in [1.807, 2.05) is 12.1 Å². The number of morpholine rings is 1. The number of imidazole rings is 1. The standard InChI is InChI=1S/C22H24F3N5O3/c1-21(2,3)20(31)27-15-12-14(4-5-17(15)33-22(23,24)25)16-13-30-18(26-16)6-7-19(28-30)29-8-10-32-11-9-29/h4-7,12-13H,8-11H2,1-3H3,(H,27,31). The molecular weight excluding hydrogens is 439 g/mol. The van der Waals surface area contributed by atoms with E-state index in [0.717, 1.165) is 25.0 Å². The molecular formula is C22H24F3N5O3. The Balaban J connectivity index is 1.68. The number of halogens is 3. The fraction of sp³-hybridized carbons (Fsp3) is 0.409. The number of rotatable bonds is 4. The van der Waals surface area contributed by atoms with Crippen LogP contribution >= 0.6 is 0 Å². The molecule has 8 nitrogen and oxygen atoms in total. The molecule has 0 atom stereocenters. The molecule has 1 N–H and O–H groups in total. The average Bonchev–Trinajstić information content (AvgIpc) is 3.17. The van der Waals surface area contributed by atoms with Gasteiger partial charge in [0.15, 0.2) is 11.4 Å². The van der Waals surface area contributed by atoms with Gasteiger partial charge in [-0.3, -0.25) is 4.79 Å². The predicted molar refractivity (Wildman–Crippen MR) is 116 cm³/mol. The van der Waals surface area contributed by atoms with Crippen molar-refractivity contribution >= 4 is 23.1 Å². The lowest BCUT2D eigenvalue weighted by Gasteiger charge is -2.27. The van der Waals surface area contributed by atoms with E-state index in [0.29, 0.717) is 30.1 Å². The molecule has 1 aromatic carbocycles. The van der Waals surface area contributed by atoms with Crippen LogP contribution in [-0.2, 0) is 9.53 Å². The molecule has 0 saturated carbocycles. The number of fused-ring (bicyclic) bond motifs is 1. The maximum atomic E-state index is 12.9. The summed E-state index contributed by atoms with van der Waals surface area (Å²) in [5, 5.41) is 7.13. The third kappa shape index (κ3) is 5.36. The van der Waals surface area contributed by atoms with Gasteiger partial charge in [-0.2, -0.15) is 0 Å². The molecule has 0 aliphatic carbocycles. The zero-order chi connectivity index (χ0) is 23.8. The summed E-state index contributed by atoms with van der Waals surface area (Å²) in [6.07, 6.45) is -3.21. The molecule has 0 unspecified atom stereocenters. The molecule has 1 aliphatic heterocycles. The SMILES string of the molecule is CC(C)(C)C(=O)Nc1cc(-c2cn3nc(N4CCOCC4)ccc3n2)ccc1OC(F)(F)F. The number of amides is 1. The zero-order valence-electron chi connectivity index (χ0n) is 18.4. The van der Waals surface area contributed by atoms with Gasteiger partial charge in [0.25, 0.3) is 0 Å². The first-order valence-corrected chi connectivity index (χ1v) is 10.4. The largest absolute Gasteiger partial charge is 0.573 e. The van der Waals surface area contributed by atoms with Crippen LogP contribution < -0.4 is 15.0 Å². The maximum Gasteiger partial charge on any atom is 0.573 e. The van der Waals surface area contributed by atoms with E-state index in [9.17, 15) is 18.0 Å². The fourth-order valence-corrected chi connectivity index (χ4v) is 3.28. The van der Waals surface area contributed by atoms with E-state index >= 15 is 0 Å². The van der Waals surface area contributed by atoms with Crippen LogP contribution in [0.2, 0.25) is 0 Å². The van der Waals surface area contributed by atoms with Crippen molar-refractivity contribution < 1.29 is 27.4 Å². The molecule has 11 heteroatoms. The van der Waals surface area contributed by atoms with Crippen molar-refractivity contribution in [3.8, 4) is 17.0 Å². The summed E-state index contributed by atoms with van der Waals surface area (Å²) >= 11 is 0. The Bertz CT molecular complexity index is 1160. The van der Waals surface area contributed by atoms with Crippen molar-refractivity contribution in [3.05, 3.63) is 36.5 Å². The number of aromatic nitrogens is 3. The molecule has 1 amide bonds. The minimum atomic E-state index is -4.90. The van der Waals surface area contributed by atoms with E-state index in [1.165, 1.54) is 12.1 Å². The first-order valence-electron chi connectivity index (χ1n) is 10.4. The summed E-state index contributed by atoms with van der Waals surface area (Å²) in [6, 6.07) is 7.73. The summed E-state index contributed by atoms with van der Waals surface area (Å²) in [5.41, 5.74) is 0.675. The highest BCUT2D eigenvalue weighted by atomic mass is 19.4. The minimum absolute atomic E-state index is 0.0937. The lowest BCUT2D eigenvalue weighted by Crippen LogP contribution is -2.36. The Kier molecular flexibility index (Phi) is 5.91. The Labute approximate surface area is 188 Å². The molecule has 1 fully saturated rings. The van der Waals surface area contributed by atoms with Crippen molar-refractivity contribution in [1.29, 1.82) is 0 Å². The highest BCUT2D eigenvalue weighted by Crippen LogP contribution is 2.35. The highest BCUT2D eigenvalue weighted by molar-refractivity contribution is 5.96. The van der Waals surface area contributed by atoms with Crippen molar-refractivity contribution in [2.45, 2.75) is 27.1 Å². The molecule has 3 heterocycles. The molecule has 0 bridgehead atoms. The number of carbonyl (C=O) groups excluding carboxylic acids is 1.